The van der Waals surface area contributed by atoms with Gasteiger partial charge < -0.3 is 5.73 Å². The predicted molar refractivity (Wildman–Crippen MR) is 69.6 cm³/mol. The second kappa shape index (κ2) is 4.75. The molecule has 0 bridgehead atoms. The number of hydrogen-bond donors (Lipinski definition) is 1. The van der Waals surface area contributed by atoms with Crippen LogP contribution in [0.4, 0.5) is 23.2 Å². The van der Waals surface area contributed by atoms with E-state index in [1.165, 1.54) is 10.7 Å². The van der Waals surface area contributed by atoms with Gasteiger partial charge in [-0.05, 0) is 43.9 Å². The van der Waals surface area contributed by atoms with Crippen molar-refractivity contribution in [3.05, 3.63) is 41.0 Å². The van der Waals surface area contributed by atoms with Gasteiger partial charge in [0.15, 0.2) is 5.69 Å². The van der Waals surface area contributed by atoms with Crippen LogP contribution < -0.4 is 5.73 Å². The molecule has 1 heterocycles. The zero-order valence-electron chi connectivity index (χ0n) is 11.0. The highest BCUT2D eigenvalue weighted by molar-refractivity contribution is 5.58. The summed E-state index contributed by atoms with van der Waals surface area (Å²) in [5.41, 5.74) is 5.97. The van der Waals surface area contributed by atoms with E-state index in [0.29, 0.717) is 25.0 Å². The maximum absolute atomic E-state index is 13.1. The van der Waals surface area contributed by atoms with Crippen molar-refractivity contribution in [1.29, 1.82) is 0 Å². The van der Waals surface area contributed by atoms with Crippen LogP contribution in [-0.4, -0.2) is 9.78 Å². The molecule has 1 aromatic carbocycles. The van der Waals surface area contributed by atoms with Gasteiger partial charge in [0.05, 0.1) is 11.4 Å². The van der Waals surface area contributed by atoms with Gasteiger partial charge in [-0.1, -0.05) is 0 Å². The summed E-state index contributed by atoms with van der Waals surface area (Å²) in [6, 6.07) is 3.60. The normalized spacial score (nSPS) is 15.0. The second-order valence-corrected chi connectivity index (χ2v) is 5.09. The van der Waals surface area contributed by atoms with Crippen molar-refractivity contribution in [2.45, 2.75) is 31.9 Å². The SMILES string of the molecule is Nc1cc(F)ccc1-n1nc(C(F)(F)F)c2c1CCCC2. The summed E-state index contributed by atoms with van der Waals surface area (Å²) in [5, 5.41) is 3.71. The van der Waals surface area contributed by atoms with Crippen LogP contribution >= 0.6 is 0 Å². The largest absolute Gasteiger partial charge is 0.435 e. The Bertz CT molecular complexity index is 688. The van der Waals surface area contributed by atoms with E-state index in [1.807, 2.05) is 0 Å². The summed E-state index contributed by atoms with van der Waals surface area (Å²) in [7, 11) is 0. The number of benzene rings is 1. The van der Waals surface area contributed by atoms with Crippen molar-refractivity contribution in [3.63, 3.8) is 0 Å². The average molecular weight is 299 g/mol. The molecule has 3 rings (SSSR count). The molecule has 21 heavy (non-hydrogen) atoms. The van der Waals surface area contributed by atoms with E-state index in [0.717, 1.165) is 18.6 Å². The molecule has 1 aliphatic rings. The monoisotopic (exact) mass is 299 g/mol. The molecule has 1 aliphatic carbocycles. The predicted octanol–water partition coefficient (Wildman–Crippen LogP) is 3.49. The van der Waals surface area contributed by atoms with Gasteiger partial charge in [-0.25, -0.2) is 9.07 Å². The van der Waals surface area contributed by atoms with Crippen molar-refractivity contribution < 1.29 is 17.6 Å². The highest BCUT2D eigenvalue weighted by atomic mass is 19.4. The van der Waals surface area contributed by atoms with Gasteiger partial charge in [0.2, 0.25) is 0 Å². The van der Waals surface area contributed by atoms with Crippen LogP contribution in [0.25, 0.3) is 5.69 Å². The lowest BCUT2D eigenvalue weighted by atomic mass is 9.95. The van der Waals surface area contributed by atoms with E-state index >= 15 is 0 Å². The van der Waals surface area contributed by atoms with E-state index in [4.69, 9.17) is 5.73 Å². The van der Waals surface area contributed by atoms with E-state index in [9.17, 15) is 17.6 Å². The second-order valence-electron chi connectivity index (χ2n) is 5.09. The fourth-order valence-electron chi connectivity index (χ4n) is 2.74. The summed E-state index contributed by atoms with van der Waals surface area (Å²) < 4.78 is 53.6. The summed E-state index contributed by atoms with van der Waals surface area (Å²) in [6.45, 7) is 0. The molecule has 0 atom stereocenters. The molecule has 112 valence electrons. The average Bonchev–Trinajstić information content (AvgIpc) is 2.78. The van der Waals surface area contributed by atoms with Crippen molar-refractivity contribution in [2.75, 3.05) is 5.73 Å². The van der Waals surface area contributed by atoms with Gasteiger partial charge in [-0.3, -0.25) is 0 Å². The maximum atomic E-state index is 13.1. The van der Waals surface area contributed by atoms with E-state index in [1.54, 1.807) is 0 Å². The number of fused-ring (bicyclic) bond motifs is 1. The number of nitrogens with zero attached hydrogens (tertiary/aromatic N) is 2. The molecule has 0 radical (unpaired) electrons. The number of halogens is 4. The smallest absolute Gasteiger partial charge is 0.397 e. The fraction of sp³-hybridized carbons (Fsp3) is 0.357. The summed E-state index contributed by atoms with van der Waals surface area (Å²) in [4.78, 5) is 0. The Labute approximate surface area is 118 Å². The fourth-order valence-corrected chi connectivity index (χ4v) is 2.74. The molecule has 3 nitrogen and oxygen atoms in total. The number of alkyl halides is 3. The van der Waals surface area contributed by atoms with Crippen molar-refractivity contribution in [3.8, 4) is 5.69 Å². The Hall–Kier alpha value is -2.05. The molecule has 0 saturated heterocycles. The standard InChI is InChI=1S/C14H13F4N3/c15-8-5-6-12(10(19)7-8)21-11-4-2-1-3-9(11)13(20-21)14(16,17)18/h5-7H,1-4,19H2. The highest BCUT2D eigenvalue weighted by Crippen LogP contribution is 2.37. The number of nitrogen functional groups attached to an aromatic ring is 1. The molecule has 2 N–H and O–H groups in total. The van der Waals surface area contributed by atoms with Crippen LogP contribution in [0.1, 0.15) is 29.8 Å². The third-order valence-corrected chi connectivity index (χ3v) is 3.67. The Morgan fingerprint density at radius 2 is 1.86 bits per heavy atom. The first kappa shape index (κ1) is 13.9. The molecule has 0 aliphatic heterocycles. The van der Waals surface area contributed by atoms with Crippen LogP contribution in [0.5, 0.6) is 0 Å². The minimum Gasteiger partial charge on any atom is -0.397 e. The summed E-state index contributed by atoms with van der Waals surface area (Å²) in [5.74, 6) is -0.534. The van der Waals surface area contributed by atoms with E-state index < -0.39 is 17.7 Å². The third-order valence-electron chi connectivity index (χ3n) is 3.67. The lowest BCUT2D eigenvalue weighted by molar-refractivity contribution is -0.142. The van der Waals surface area contributed by atoms with Gasteiger partial charge in [0.25, 0.3) is 0 Å². The van der Waals surface area contributed by atoms with Crippen LogP contribution in [0.15, 0.2) is 18.2 Å². The number of aromatic nitrogens is 2. The van der Waals surface area contributed by atoms with E-state index in [-0.39, 0.29) is 16.9 Å². The molecule has 0 spiro atoms. The molecule has 2 aromatic rings. The molecule has 0 fully saturated rings. The molecule has 7 heteroatoms. The highest BCUT2D eigenvalue weighted by Gasteiger charge is 2.39. The van der Waals surface area contributed by atoms with Crippen LogP contribution in [0.2, 0.25) is 0 Å². The molecular weight excluding hydrogens is 286 g/mol. The molecule has 0 unspecified atom stereocenters. The Balaban J connectivity index is 2.21. The molecule has 0 amide bonds. The van der Waals surface area contributed by atoms with Gasteiger partial charge in [0.1, 0.15) is 5.82 Å². The number of rotatable bonds is 1. The van der Waals surface area contributed by atoms with Gasteiger partial charge in [-0.2, -0.15) is 18.3 Å². The first-order valence-corrected chi connectivity index (χ1v) is 6.61. The minimum absolute atomic E-state index is 0.0691. The summed E-state index contributed by atoms with van der Waals surface area (Å²) in [6.07, 6.45) is -2.13. The zero-order valence-corrected chi connectivity index (χ0v) is 11.0. The molecular formula is C14H13F4N3. The van der Waals surface area contributed by atoms with Gasteiger partial charge >= 0.3 is 6.18 Å². The molecule has 0 saturated carbocycles. The minimum atomic E-state index is -4.50. The number of anilines is 1. The maximum Gasteiger partial charge on any atom is 0.435 e. The lowest BCUT2D eigenvalue weighted by Crippen LogP contribution is -2.11. The van der Waals surface area contributed by atoms with Crippen LogP contribution in [0, 0.1) is 5.82 Å². The topological polar surface area (TPSA) is 43.8 Å². The van der Waals surface area contributed by atoms with Crippen molar-refractivity contribution >= 4 is 5.69 Å². The quantitative estimate of drug-likeness (QED) is 0.647. The summed E-state index contributed by atoms with van der Waals surface area (Å²) >= 11 is 0. The number of nitrogens with two attached hydrogens (primary N) is 1. The first-order chi connectivity index (χ1) is 9.88. The lowest BCUT2D eigenvalue weighted by Gasteiger charge is -2.15. The van der Waals surface area contributed by atoms with E-state index in [2.05, 4.69) is 5.10 Å². The van der Waals surface area contributed by atoms with Gasteiger partial charge in [-0.15, -0.1) is 0 Å². The van der Waals surface area contributed by atoms with Crippen molar-refractivity contribution in [1.82, 2.24) is 9.78 Å². The Morgan fingerprint density at radius 3 is 2.52 bits per heavy atom. The van der Waals surface area contributed by atoms with Crippen molar-refractivity contribution in [2.24, 2.45) is 0 Å². The number of hydrogen-bond acceptors (Lipinski definition) is 2. The molecule has 1 aromatic heterocycles. The van der Waals surface area contributed by atoms with Crippen LogP contribution in [-0.2, 0) is 19.0 Å². The van der Waals surface area contributed by atoms with Crippen LogP contribution in [0.3, 0.4) is 0 Å². The van der Waals surface area contributed by atoms with Gasteiger partial charge in [0, 0.05) is 11.3 Å². The first-order valence-electron chi connectivity index (χ1n) is 6.61. The Kier molecular flexibility index (Phi) is 3.15. The third kappa shape index (κ3) is 2.36. The Morgan fingerprint density at radius 1 is 1.14 bits per heavy atom. The zero-order chi connectivity index (χ0) is 15.2.